The highest BCUT2D eigenvalue weighted by atomic mass is 35.5. The predicted octanol–water partition coefficient (Wildman–Crippen LogP) is 3.40. The van der Waals surface area contributed by atoms with Crippen LogP contribution in [0.5, 0.6) is 0 Å². The van der Waals surface area contributed by atoms with Gasteiger partial charge in [0.2, 0.25) is 5.91 Å². The van der Waals surface area contributed by atoms with Crippen LogP contribution in [-0.2, 0) is 4.79 Å². The number of amides is 3. The summed E-state index contributed by atoms with van der Waals surface area (Å²) in [6.45, 7) is 5.51. The molecule has 0 saturated heterocycles. The maximum Gasteiger partial charge on any atom is 0.251 e. The summed E-state index contributed by atoms with van der Waals surface area (Å²) in [6, 6.07) is 10.8. The molecule has 2 aromatic carbocycles. The summed E-state index contributed by atoms with van der Waals surface area (Å²) in [5, 5.41) is 8.70. The first kappa shape index (κ1) is 21.4. The number of hydrogen-bond acceptors (Lipinski definition) is 3. The third-order valence-corrected chi connectivity index (χ3v) is 4.57. The first-order valence-electron chi connectivity index (χ1n) is 8.93. The molecule has 3 amide bonds. The summed E-state index contributed by atoms with van der Waals surface area (Å²) < 4.78 is 0. The van der Waals surface area contributed by atoms with Gasteiger partial charge in [-0.05, 0) is 60.9 Å². The van der Waals surface area contributed by atoms with Crippen molar-refractivity contribution in [3.8, 4) is 0 Å². The van der Waals surface area contributed by atoms with Crippen LogP contribution in [0.1, 0.15) is 40.1 Å². The maximum atomic E-state index is 12.8. The number of aryl methyl sites for hydroxylation is 1. The van der Waals surface area contributed by atoms with Crippen molar-refractivity contribution in [2.45, 2.75) is 26.8 Å². The zero-order valence-electron chi connectivity index (χ0n) is 16.3. The van der Waals surface area contributed by atoms with Gasteiger partial charge in [-0.25, -0.2) is 0 Å². The van der Waals surface area contributed by atoms with E-state index in [0.717, 1.165) is 5.56 Å². The van der Waals surface area contributed by atoms with Gasteiger partial charge in [-0.2, -0.15) is 0 Å². The molecule has 0 aliphatic heterocycles. The number of rotatable bonds is 6. The maximum absolute atomic E-state index is 12.8. The van der Waals surface area contributed by atoms with Crippen LogP contribution in [-0.4, -0.2) is 30.8 Å². The molecule has 0 saturated carbocycles. The van der Waals surface area contributed by atoms with E-state index in [-0.39, 0.29) is 23.6 Å². The van der Waals surface area contributed by atoms with Crippen LogP contribution in [0.4, 0.5) is 5.69 Å². The highest BCUT2D eigenvalue weighted by molar-refractivity contribution is 6.30. The molecule has 0 radical (unpaired) electrons. The van der Waals surface area contributed by atoms with E-state index in [1.54, 1.807) is 56.4 Å². The summed E-state index contributed by atoms with van der Waals surface area (Å²) in [4.78, 5) is 37.0. The van der Waals surface area contributed by atoms with Crippen LogP contribution in [0.3, 0.4) is 0 Å². The van der Waals surface area contributed by atoms with E-state index in [9.17, 15) is 14.4 Å². The molecular formula is C21H24ClN3O3. The molecule has 0 spiro atoms. The second-order valence-electron chi connectivity index (χ2n) is 6.80. The third kappa shape index (κ3) is 5.33. The Balaban J connectivity index is 2.13. The minimum absolute atomic E-state index is 0.123. The van der Waals surface area contributed by atoms with Crippen molar-refractivity contribution in [1.29, 1.82) is 0 Å². The molecule has 28 heavy (non-hydrogen) atoms. The fourth-order valence-corrected chi connectivity index (χ4v) is 2.79. The molecule has 2 aromatic rings. The number of hydrogen-bond donors (Lipinski definition) is 3. The average Bonchev–Trinajstić information content (AvgIpc) is 2.66. The van der Waals surface area contributed by atoms with Crippen molar-refractivity contribution < 1.29 is 14.4 Å². The normalized spacial score (nSPS) is 11.6. The van der Waals surface area contributed by atoms with Crippen molar-refractivity contribution in [2.24, 2.45) is 5.92 Å². The first-order chi connectivity index (χ1) is 13.2. The molecule has 0 aliphatic rings. The van der Waals surface area contributed by atoms with Crippen molar-refractivity contribution in [3.05, 3.63) is 64.2 Å². The SMILES string of the molecule is CNC(=O)c1ccc(NC(=O)C(NC(=O)c2ccc(Cl)cc2)C(C)C)c(C)c1. The Labute approximate surface area is 169 Å². The van der Waals surface area contributed by atoms with E-state index in [1.165, 1.54) is 0 Å². The predicted molar refractivity (Wildman–Crippen MR) is 111 cm³/mol. The fourth-order valence-electron chi connectivity index (χ4n) is 2.66. The van der Waals surface area contributed by atoms with Crippen LogP contribution in [0.15, 0.2) is 42.5 Å². The van der Waals surface area contributed by atoms with Crippen molar-refractivity contribution in [2.75, 3.05) is 12.4 Å². The van der Waals surface area contributed by atoms with E-state index in [2.05, 4.69) is 16.0 Å². The minimum Gasteiger partial charge on any atom is -0.355 e. The summed E-state index contributed by atoms with van der Waals surface area (Å²) >= 11 is 5.85. The zero-order chi connectivity index (χ0) is 20.8. The number of carbonyl (C=O) groups excluding carboxylic acids is 3. The molecule has 0 aromatic heterocycles. The number of nitrogens with one attached hydrogen (secondary N) is 3. The third-order valence-electron chi connectivity index (χ3n) is 4.32. The van der Waals surface area contributed by atoms with E-state index < -0.39 is 6.04 Å². The number of benzene rings is 2. The molecule has 0 bridgehead atoms. The monoisotopic (exact) mass is 401 g/mol. The Morgan fingerprint density at radius 3 is 2.07 bits per heavy atom. The van der Waals surface area contributed by atoms with Gasteiger partial charge in [-0.3, -0.25) is 14.4 Å². The zero-order valence-corrected chi connectivity index (χ0v) is 17.1. The Bertz CT molecular complexity index is 879. The van der Waals surface area contributed by atoms with Crippen LogP contribution in [0.25, 0.3) is 0 Å². The van der Waals surface area contributed by atoms with Gasteiger partial charge in [0.05, 0.1) is 0 Å². The highest BCUT2D eigenvalue weighted by Gasteiger charge is 2.25. The minimum atomic E-state index is -0.721. The Morgan fingerprint density at radius 1 is 0.929 bits per heavy atom. The fraction of sp³-hybridized carbons (Fsp3) is 0.286. The lowest BCUT2D eigenvalue weighted by Crippen LogP contribution is -2.47. The summed E-state index contributed by atoms with van der Waals surface area (Å²) in [7, 11) is 1.56. The largest absolute Gasteiger partial charge is 0.355 e. The van der Waals surface area contributed by atoms with Crippen LogP contribution >= 0.6 is 11.6 Å². The van der Waals surface area contributed by atoms with E-state index in [1.807, 2.05) is 13.8 Å². The second kappa shape index (κ2) is 9.37. The summed E-state index contributed by atoms with van der Waals surface area (Å²) in [6.07, 6.45) is 0. The lowest BCUT2D eigenvalue weighted by atomic mass is 10.0. The van der Waals surface area contributed by atoms with Crippen molar-refractivity contribution in [3.63, 3.8) is 0 Å². The molecular weight excluding hydrogens is 378 g/mol. The molecule has 1 unspecified atom stereocenters. The lowest BCUT2D eigenvalue weighted by Gasteiger charge is -2.22. The van der Waals surface area contributed by atoms with Gasteiger partial charge in [0, 0.05) is 28.9 Å². The Kier molecular flexibility index (Phi) is 7.18. The van der Waals surface area contributed by atoms with Gasteiger partial charge in [0.25, 0.3) is 11.8 Å². The van der Waals surface area contributed by atoms with E-state index >= 15 is 0 Å². The first-order valence-corrected chi connectivity index (χ1v) is 9.30. The molecule has 0 heterocycles. The van der Waals surface area contributed by atoms with Gasteiger partial charge in [0.1, 0.15) is 6.04 Å². The van der Waals surface area contributed by atoms with E-state index in [4.69, 9.17) is 11.6 Å². The molecule has 0 aliphatic carbocycles. The van der Waals surface area contributed by atoms with Crippen LogP contribution in [0.2, 0.25) is 5.02 Å². The number of carbonyl (C=O) groups is 3. The number of anilines is 1. The smallest absolute Gasteiger partial charge is 0.251 e. The standard InChI is InChI=1S/C21H24ClN3O3/c1-12(2)18(25-20(27)14-5-8-16(22)9-6-14)21(28)24-17-10-7-15(11-13(17)3)19(26)23-4/h5-12,18H,1-4H3,(H,23,26)(H,24,28)(H,25,27). The average molecular weight is 402 g/mol. The molecule has 1 atom stereocenters. The molecule has 6 nitrogen and oxygen atoms in total. The van der Waals surface area contributed by atoms with Crippen molar-refractivity contribution in [1.82, 2.24) is 10.6 Å². The Morgan fingerprint density at radius 2 is 1.54 bits per heavy atom. The van der Waals surface area contributed by atoms with Gasteiger partial charge in [0.15, 0.2) is 0 Å². The molecule has 3 N–H and O–H groups in total. The second-order valence-corrected chi connectivity index (χ2v) is 7.24. The van der Waals surface area contributed by atoms with Gasteiger partial charge >= 0.3 is 0 Å². The van der Waals surface area contributed by atoms with Gasteiger partial charge in [-0.1, -0.05) is 25.4 Å². The van der Waals surface area contributed by atoms with Crippen molar-refractivity contribution >= 4 is 35.0 Å². The quantitative estimate of drug-likeness (QED) is 0.693. The van der Waals surface area contributed by atoms with E-state index in [0.29, 0.717) is 21.8 Å². The summed E-state index contributed by atoms with van der Waals surface area (Å²) in [5.41, 5.74) is 2.27. The highest BCUT2D eigenvalue weighted by Crippen LogP contribution is 2.18. The van der Waals surface area contributed by atoms with Gasteiger partial charge < -0.3 is 16.0 Å². The van der Waals surface area contributed by atoms with Gasteiger partial charge in [-0.15, -0.1) is 0 Å². The van der Waals surface area contributed by atoms with Crippen LogP contribution < -0.4 is 16.0 Å². The molecule has 7 heteroatoms. The summed E-state index contributed by atoms with van der Waals surface area (Å²) in [5.74, 6) is -0.997. The topological polar surface area (TPSA) is 87.3 Å². The Hall–Kier alpha value is -2.86. The lowest BCUT2D eigenvalue weighted by molar-refractivity contribution is -0.118. The van der Waals surface area contributed by atoms with Crippen LogP contribution in [0, 0.1) is 12.8 Å². The molecule has 148 valence electrons. The molecule has 2 rings (SSSR count). The molecule has 0 fully saturated rings. The number of halogens is 1.